The third-order valence-electron chi connectivity index (χ3n) is 4.87. The van der Waals surface area contributed by atoms with Crippen LogP contribution in [0.1, 0.15) is 44.9 Å². The van der Waals surface area contributed by atoms with E-state index in [1.54, 1.807) is 0 Å². The Morgan fingerprint density at radius 3 is 2.42 bits per heavy atom. The Balaban J connectivity index is 1.57. The second-order valence-electron chi connectivity index (χ2n) is 6.56. The van der Waals surface area contributed by atoms with E-state index in [0.29, 0.717) is 23.9 Å². The molecule has 3 rings (SSSR count). The number of carbonyl (C=O) groups excluding carboxylic acids is 1. The molecule has 0 aromatic rings. The highest BCUT2D eigenvalue weighted by Crippen LogP contribution is 2.33. The van der Waals surface area contributed by atoms with Gasteiger partial charge in [-0.1, -0.05) is 0 Å². The van der Waals surface area contributed by atoms with Crippen molar-refractivity contribution >= 4 is 5.91 Å². The van der Waals surface area contributed by atoms with Gasteiger partial charge in [0, 0.05) is 37.1 Å². The highest BCUT2D eigenvalue weighted by molar-refractivity contribution is 5.79. The van der Waals surface area contributed by atoms with Crippen LogP contribution in [0, 0.1) is 11.8 Å². The number of nitrogens with zero attached hydrogens (tertiary/aromatic N) is 1. The molecule has 3 aliphatic rings. The Morgan fingerprint density at radius 2 is 1.84 bits per heavy atom. The second-order valence-corrected chi connectivity index (χ2v) is 6.56. The van der Waals surface area contributed by atoms with Gasteiger partial charge in [0.2, 0.25) is 5.91 Å². The van der Waals surface area contributed by atoms with Crippen LogP contribution in [-0.4, -0.2) is 42.6 Å². The molecule has 1 atom stereocenters. The largest absolute Gasteiger partial charge is 0.381 e. The molecule has 0 spiro atoms. The Morgan fingerprint density at radius 1 is 1.11 bits per heavy atom. The normalized spacial score (nSPS) is 35.3. The predicted molar refractivity (Wildman–Crippen MR) is 73.6 cm³/mol. The first-order chi connectivity index (χ1) is 9.24. The fourth-order valence-electron chi connectivity index (χ4n) is 3.41. The summed E-state index contributed by atoms with van der Waals surface area (Å²) in [6, 6.07) is 0.852. The fourth-order valence-corrected chi connectivity index (χ4v) is 3.41. The smallest absolute Gasteiger partial charge is 0.225 e. The molecular formula is C15H26N2O2. The van der Waals surface area contributed by atoms with Crippen molar-refractivity contribution in [1.82, 2.24) is 4.90 Å². The number of rotatable bonds is 4. The maximum absolute atomic E-state index is 12.7. The van der Waals surface area contributed by atoms with Crippen molar-refractivity contribution in [2.75, 3.05) is 19.8 Å². The van der Waals surface area contributed by atoms with Crippen LogP contribution in [0.3, 0.4) is 0 Å². The Labute approximate surface area is 115 Å². The van der Waals surface area contributed by atoms with Gasteiger partial charge in [-0.15, -0.1) is 0 Å². The summed E-state index contributed by atoms with van der Waals surface area (Å²) in [5.41, 5.74) is 5.94. The molecule has 1 amide bonds. The average molecular weight is 266 g/mol. The molecule has 108 valence electrons. The number of hydrogen-bond acceptors (Lipinski definition) is 3. The van der Waals surface area contributed by atoms with Gasteiger partial charge in [0.05, 0.1) is 6.61 Å². The SMILES string of the molecule is NC1CCC(C(=O)N(CC2CCOC2)C2CC2)CC1. The van der Waals surface area contributed by atoms with Crippen molar-refractivity contribution in [2.45, 2.75) is 57.0 Å². The first-order valence-corrected chi connectivity index (χ1v) is 7.88. The molecule has 2 aliphatic carbocycles. The van der Waals surface area contributed by atoms with E-state index >= 15 is 0 Å². The van der Waals surface area contributed by atoms with Crippen molar-refractivity contribution in [3.8, 4) is 0 Å². The molecule has 0 bridgehead atoms. The first-order valence-electron chi connectivity index (χ1n) is 7.88. The van der Waals surface area contributed by atoms with Crippen LogP contribution in [0.5, 0.6) is 0 Å². The van der Waals surface area contributed by atoms with Crippen LogP contribution in [0.2, 0.25) is 0 Å². The first kappa shape index (κ1) is 13.4. The van der Waals surface area contributed by atoms with Crippen LogP contribution >= 0.6 is 0 Å². The van der Waals surface area contributed by atoms with Gasteiger partial charge in [-0.2, -0.15) is 0 Å². The molecule has 4 heteroatoms. The summed E-state index contributed by atoms with van der Waals surface area (Å²) >= 11 is 0. The van der Waals surface area contributed by atoms with E-state index in [2.05, 4.69) is 4.90 Å². The average Bonchev–Trinajstić information content (AvgIpc) is 3.13. The topological polar surface area (TPSA) is 55.6 Å². The van der Waals surface area contributed by atoms with Crippen molar-refractivity contribution in [3.63, 3.8) is 0 Å². The van der Waals surface area contributed by atoms with Crippen molar-refractivity contribution in [3.05, 3.63) is 0 Å². The Kier molecular flexibility index (Phi) is 4.08. The van der Waals surface area contributed by atoms with Crippen LogP contribution in [0.25, 0.3) is 0 Å². The molecule has 2 N–H and O–H groups in total. The maximum Gasteiger partial charge on any atom is 0.225 e. The molecule has 0 aromatic heterocycles. The lowest BCUT2D eigenvalue weighted by atomic mass is 9.85. The maximum atomic E-state index is 12.7. The number of carbonyl (C=O) groups is 1. The van der Waals surface area contributed by atoms with Gasteiger partial charge >= 0.3 is 0 Å². The summed E-state index contributed by atoms with van der Waals surface area (Å²) in [6.45, 7) is 2.63. The molecule has 1 aliphatic heterocycles. The summed E-state index contributed by atoms with van der Waals surface area (Å²) in [6.07, 6.45) is 7.53. The molecule has 19 heavy (non-hydrogen) atoms. The van der Waals surface area contributed by atoms with E-state index in [-0.39, 0.29) is 5.92 Å². The quantitative estimate of drug-likeness (QED) is 0.839. The van der Waals surface area contributed by atoms with E-state index in [9.17, 15) is 4.79 Å². The van der Waals surface area contributed by atoms with Gasteiger partial charge in [0.25, 0.3) is 0 Å². The number of ether oxygens (including phenoxy) is 1. The summed E-state index contributed by atoms with van der Waals surface area (Å²) in [7, 11) is 0. The minimum atomic E-state index is 0.239. The standard InChI is InChI=1S/C15H26N2O2/c16-13-3-1-12(2-4-13)15(18)17(14-5-6-14)9-11-7-8-19-10-11/h11-14H,1-10,16H2. The summed E-state index contributed by atoms with van der Waals surface area (Å²) < 4.78 is 5.44. The minimum Gasteiger partial charge on any atom is -0.381 e. The van der Waals surface area contributed by atoms with Gasteiger partial charge in [0.1, 0.15) is 0 Å². The molecule has 1 unspecified atom stereocenters. The van der Waals surface area contributed by atoms with Gasteiger partial charge in [-0.05, 0) is 44.9 Å². The second kappa shape index (κ2) is 5.80. The Bertz CT molecular complexity index is 316. The van der Waals surface area contributed by atoms with E-state index in [0.717, 1.165) is 51.9 Å². The Hall–Kier alpha value is -0.610. The van der Waals surface area contributed by atoms with Crippen LogP contribution in [0.4, 0.5) is 0 Å². The summed E-state index contributed by atoms with van der Waals surface area (Å²) in [4.78, 5) is 14.9. The fraction of sp³-hybridized carbons (Fsp3) is 0.933. The van der Waals surface area contributed by atoms with Crippen LogP contribution in [-0.2, 0) is 9.53 Å². The zero-order chi connectivity index (χ0) is 13.2. The molecule has 4 nitrogen and oxygen atoms in total. The molecule has 1 saturated heterocycles. The van der Waals surface area contributed by atoms with Crippen molar-refractivity contribution < 1.29 is 9.53 Å². The third kappa shape index (κ3) is 3.29. The van der Waals surface area contributed by atoms with E-state index in [1.807, 2.05) is 0 Å². The van der Waals surface area contributed by atoms with Gasteiger partial charge in [-0.25, -0.2) is 0 Å². The lowest BCUT2D eigenvalue weighted by Crippen LogP contribution is -2.43. The zero-order valence-corrected chi connectivity index (χ0v) is 11.7. The molecular weight excluding hydrogens is 240 g/mol. The number of amides is 1. The summed E-state index contributed by atoms with van der Waals surface area (Å²) in [5, 5.41) is 0. The van der Waals surface area contributed by atoms with Crippen molar-refractivity contribution in [2.24, 2.45) is 17.6 Å². The number of nitrogens with two attached hydrogens (primary N) is 1. The molecule has 0 aromatic carbocycles. The highest BCUT2D eigenvalue weighted by Gasteiger charge is 2.38. The molecule has 1 heterocycles. The van der Waals surface area contributed by atoms with Crippen LogP contribution in [0.15, 0.2) is 0 Å². The van der Waals surface area contributed by atoms with E-state index < -0.39 is 0 Å². The minimum absolute atomic E-state index is 0.239. The lowest BCUT2D eigenvalue weighted by Gasteiger charge is -2.32. The van der Waals surface area contributed by atoms with Gasteiger partial charge in [0.15, 0.2) is 0 Å². The van der Waals surface area contributed by atoms with Gasteiger partial charge < -0.3 is 15.4 Å². The zero-order valence-electron chi connectivity index (χ0n) is 11.7. The monoisotopic (exact) mass is 266 g/mol. The third-order valence-corrected chi connectivity index (χ3v) is 4.87. The molecule has 3 fully saturated rings. The highest BCUT2D eigenvalue weighted by atomic mass is 16.5. The van der Waals surface area contributed by atoms with E-state index in [4.69, 9.17) is 10.5 Å². The number of hydrogen-bond donors (Lipinski definition) is 1. The predicted octanol–water partition coefficient (Wildman–Crippen LogP) is 1.53. The molecule has 2 saturated carbocycles. The summed E-state index contributed by atoms with van der Waals surface area (Å²) in [5.74, 6) is 1.21. The lowest BCUT2D eigenvalue weighted by molar-refractivity contribution is -0.138. The molecule has 0 radical (unpaired) electrons. The van der Waals surface area contributed by atoms with Crippen molar-refractivity contribution in [1.29, 1.82) is 0 Å². The van der Waals surface area contributed by atoms with Crippen LogP contribution < -0.4 is 5.73 Å². The van der Waals surface area contributed by atoms with Gasteiger partial charge in [-0.3, -0.25) is 4.79 Å². The van der Waals surface area contributed by atoms with E-state index in [1.165, 1.54) is 12.8 Å².